The van der Waals surface area contributed by atoms with E-state index >= 15 is 0 Å². The Morgan fingerprint density at radius 3 is 2.25 bits per heavy atom. The molecule has 1 N–H and O–H groups in total. The van der Waals surface area contributed by atoms with Crippen LogP contribution in [0.2, 0.25) is 0 Å². The summed E-state index contributed by atoms with van der Waals surface area (Å²) in [4.78, 5) is 0. The number of rotatable bonds is 4. The van der Waals surface area contributed by atoms with E-state index < -0.39 is 0 Å². The van der Waals surface area contributed by atoms with Crippen LogP contribution in [0.25, 0.3) is 0 Å². The molecule has 0 aliphatic heterocycles. The van der Waals surface area contributed by atoms with Gasteiger partial charge in [0.25, 0.3) is 0 Å². The van der Waals surface area contributed by atoms with Crippen LogP contribution in [0.1, 0.15) is 49.5 Å². The van der Waals surface area contributed by atoms with Crippen LogP contribution < -0.4 is 5.32 Å². The Morgan fingerprint density at radius 1 is 1.15 bits per heavy atom. The highest BCUT2D eigenvalue weighted by Crippen LogP contribution is 2.28. The Morgan fingerprint density at radius 2 is 1.75 bits per heavy atom. The largest absolute Gasteiger partial charge is 0.466 e. The molecular weight excluding hydrogens is 314 g/mol. The van der Waals surface area contributed by atoms with Crippen LogP contribution >= 0.6 is 15.9 Å². The molecule has 20 heavy (non-hydrogen) atoms. The first-order chi connectivity index (χ1) is 9.29. The zero-order valence-corrected chi connectivity index (χ0v) is 14.3. The maximum atomic E-state index is 5.63. The van der Waals surface area contributed by atoms with Crippen molar-refractivity contribution >= 4 is 15.9 Å². The van der Waals surface area contributed by atoms with Gasteiger partial charge in [0.05, 0.1) is 0 Å². The molecule has 3 heteroatoms. The molecule has 0 aliphatic rings. The topological polar surface area (TPSA) is 25.2 Å². The summed E-state index contributed by atoms with van der Waals surface area (Å²) in [5.41, 5.74) is 2.40. The van der Waals surface area contributed by atoms with E-state index in [0.29, 0.717) is 0 Å². The third kappa shape index (κ3) is 3.33. The second-order valence-electron chi connectivity index (χ2n) is 5.87. The Kier molecular flexibility index (Phi) is 4.40. The van der Waals surface area contributed by atoms with E-state index in [1.807, 2.05) is 13.8 Å². The maximum absolute atomic E-state index is 5.63. The van der Waals surface area contributed by atoms with Gasteiger partial charge in [-0.2, -0.15) is 0 Å². The molecule has 108 valence electrons. The van der Waals surface area contributed by atoms with E-state index in [9.17, 15) is 0 Å². The van der Waals surface area contributed by atoms with Crippen LogP contribution in [-0.2, 0) is 5.54 Å². The number of aryl methyl sites for hydroxylation is 2. The van der Waals surface area contributed by atoms with Crippen molar-refractivity contribution in [3.05, 3.63) is 57.5 Å². The van der Waals surface area contributed by atoms with Crippen LogP contribution in [0, 0.1) is 13.8 Å². The highest BCUT2D eigenvalue weighted by atomic mass is 79.9. The predicted molar refractivity (Wildman–Crippen MR) is 86.9 cm³/mol. The van der Waals surface area contributed by atoms with E-state index in [0.717, 1.165) is 16.0 Å². The Labute approximate surface area is 129 Å². The highest BCUT2D eigenvalue weighted by molar-refractivity contribution is 9.10. The smallest absolute Gasteiger partial charge is 0.105 e. The minimum Gasteiger partial charge on any atom is -0.466 e. The van der Waals surface area contributed by atoms with Gasteiger partial charge in [-0.15, -0.1) is 0 Å². The van der Waals surface area contributed by atoms with Crippen LogP contribution in [0.4, 0.5) is 0 Å². The first kappa shape index (κ1) is 15.3. The minimum absolute atomic E-state index is 0.0995. The summed E-state index contributed by atoms with van der Waals surface area (Å²) in [5, 5.41) is 3.69. The number of hydrogen-bond donors (Lipinski definition) is 1. The fraction of sp³-hybridized carbons (Fsp3) is 0.412. The van der Waals surface area contributed by atoms with E-state index in [4.69, 9.17) is 4.42 Å². The predicted octanol–water partition coefficient (Wildman–Crippen LogP) is 5.24. The summed E-state index contributed by atoms with van der Waals surface area (Å²) < 4.78 is 6.73. The van der Waals surface area contributed by atoms with Gasteiger partial charge in [0.15, 0.2) is 0 Å². The lowest BCUT2D eigenvalue weighted by Gasteiger charge is -2.31. The molecule has 0 saturated heterocycles. The molecule has 0 amide bonds. The first-order valence-electron chi connectivity index (χ1n) is 6.90. The second kappa shape index (κ2) is 5.74. The number of benzene rings is 1. The third-order valence-electron chi connectivity index (χ3n) is 3.69. The van der Waals surface area contributed by atoms with Crippen molar-refractivity contribution in [3.8, 4) is 0 Å². The monoisotopic (exact) mass is 335 g/mol. The summed E-state index contributed by atoms with van der Waals surface area (Å²) in [5.74, 6) is 1.96. The average Bonchev–Trinajstić information content (AvgIpc) is 2.68. The second-order valence-corrected chi connectivity index (χ2v) is 6.78. The van der Waals surface area contributed by atoms with E-state index in [1.165, 1.54) is 11.1 Å². The average molecular weight is 336 g/mol. The lowest BCUT2D eigenvalue weighted by atomic mass is 9.92. The summed E-state index contributed by atoms with van der Waals surface area (Å²) in [7, 11) is 0. The van der Waals surface area contributed by atoms with Gasteiger partial charge >= 0.3 is 0 Å². The zero-order valence-electron chi connectivity index (χ0n) is 12.8. The van der Waals surface area contributed by atoms with Gasteiger partial charge in [0.1, 0.15) is 11.5 Å². The summed E-state index contributed by atoms with van der Waals surface area (Å²) in [6, 6.07) is 10.8. The fourth-order valence-corrected chi connectivity index (χ4v) is 2.91. The highest BCUT2D eigenvalue weighted by Gasteiger charge is 2.24. The molecule has 1 atom stereocenters. The van der Waals surface area contributed by atoms with Gasteiger partial charge in [-0.3, -0.25) is 0 Å². The molecule has 0 radical (unpaired) electrons. The summed E-state index contributed by atoms with van der Waals surface area (Å²) >= 11 is 3.48. The Hall–Kier alpha value is -1.06. The van der Waals surface area contributed by atoms with Gasteiger partial charge in [0.2, 0.25) is 0 Å². The molecule has 1 unspecified atom stereocenters. The molecule has 0 bridgehead atoms. The molecule has 0 aliphatic carbocycles. The molecule has 0 spiro atoms. The quantitative estimate of drug-likeness (QED) is 0.825. The van der Waals surface area contributed by atoms with Crippen LogP contribution in [0.15, 0.2) is 39.2 Å². The van der Waals surface area contributed by atoms with Crippen molar-refractivity contribution in [3.63, 3.8) is 0 Å². The Balaban J connectivity index is 2.19. The summed E-state index contributed by atoms with van der Waals surface area (Å²) in [6.45, 7) is 10.6. The number of halogens is 1. The van der Waals surface area contributed by atoms with Crippen molar-refractivity contribution in [1.82, 2.24) is 5.32 Å². The molecular formula is C17H22BrNO. The normalized spacial score (nSPS) is 13.5. The van der Waals surface area contributed by atoms with Crippen LogP contribution in [0.5, 0.6) is 0 Å². The van der Waals surface area contributed by atoms with Crippen LogP contribution in [0.3, 0.4) is 0 Å². The van der Waals surface area contributed by atoms with Gasteiger partial charge in [-0.25, -0.2) is 0 Å². The van der Waals surface area contributed by atoms with Gasteiger partial charge in [-0.05, 0) is 58.4 Å². The van der Waals surface area contributed by atoms with Gasteiger partial charge < -0.3 is 9.73 Å². The SMILES string of the molecule is Cc1cc(C(C)NC(C)(C)c2ccc(Br)cc2)c(C)o1. The molecule has 0 fully saturated rings. The standard InChI is InChI=1S/C17H22BrNO/c1-11-10-16(13(3)20-11)12(2)19-17(4,5)14-6-8-15(18)9-7-14/h6-10,12,19H,1-5H3. The number of furan rings is 1. The van der Waals surface area contributed by atoms with Gasteiger partial charge in [-0.1, -0.05) is 28.1 Å². The molecule has 1 heterocycles. The van der Waals surface area contributed by atoms with Crippen molar-refractivity contribution < 1.29 is 4.42 Å². The third-order valence-corrected chi connectivity index (χ3v) is 4.22. The molecule has 2 aromatic rings. The van der Waals surface area contributed by atoms with Crippen molar-refractivity contribution in [2.24, 2.45) is 0 Å². The minimum atomic E-state index is -0.0995. The summed E-state index contributed by atoms with van der Waals surface area (Å²) in [6.07, 6.45) is 0. The first-order valence-corrected chi connectivity index (χ1v) is 7.69. The van der Waals surface area contributed by atoms with Crippen molar-refractivity contribution in [1.29, 1.82) is 0 Å². The maximum Gasteiger partial charge on any atom is 0.105 e. The Bertz CT molecular complexity index is 584. The molecule has 2 nitrogen and oxygen atoms in total. The van der Waals surface area contributed by atoms with E-state index in [-0.39, 0.29) is 11.6 Å². The molecule has 2 rings (SSSR count). The lowest BCUT2D eigenvalue weighted by Crippen LogP contribution is -2.38. The van der Waals surface area contributed by atoms with E-state index in [2.05, 4.69) is 72.3 Å². The molecule has 0 saturated carbocycles. The van der Waals surface area contributed by atoms with Crippen molar-refractivity contribution in [2.75, 3.05) is 0 Å². The lowest BCUT2D eigenvalue weighted by molar-refractivity contribution is 0.354. The fourth-order valence-electron chi connectivity index (χ4n) is 2.65. The van der Waals surface area contributed by atoms with E-state index in [1.54, 1.807) is 0 Å². The van der Waals surface area contributed by atoms with Gasteiger partial charge in [0, 0.05) is 21.6 Å². The number of hydrogen-bond acceptors (Lipinski definition) is 2. The van der Waals surface area contributed by atoms with Crippen molar-refractivity contribution in [2.45, 2.75) is 46.2 Å². The zero-order chi connectivity index (χ0) is 14.9. The van der Waals surface area contributed by atoms with Crippen LogP contribution in [-0.4, -0.2) is 0 Å². The number of nitrogens with one attached hydrogen (secondary N) is 1. The molecule has 1 aromatic carbocycles. The molecule has 1 aromatic heterocycles.